The van der Waals surface area contributed by atoms with Crippen LogP contribution < -0.4 is 5.32 Å². The van der Waals surface area contributed by atoms with Crippen molar-refractivity contribution in [3.8, 4) is 0 Å². The fourth-order valence-corrected chi connectivity index (χ4v) is 2.55. The molecule has 1 atom stereocenters. The van der Waals surface area contributed by atoms with Crippen LogP contribution in [0.2, 0.25) is 0 Å². The lowest BCUT2D eigenvalue weighted by molar-refractivity contribution is 0.410. The van der Waals surface area contributed by atoms with Crippen LogP contribution in [0.1, 0.15) is 30.2 Å². The molecule has 0 unspecified atom stereocenters. The molecule has 1 aliphatic rings. The number of benzene rings is 1. The molecule has 94 valence electrons. The quantitative estimate of drug-likeness (QED) is 0.891. The summed E-state index contributed by atoms with van der Waals surface area (Å²) in [6, 6.07) is 11.0. The molecule has 1 aromatic heterocycles. The van der Waals surface area contributed by atoms with Crippen molar-refractivity contribution in [2.45, 2.75) is 32.4 Å². The average molecular weight is 242 g/mol. The maximum absolute atomic E-state index is 4.34. The van der Waals surface area contributed by atoms with Gasteiger partial charge in [0.05, 0.1) is 6.54 Å². The summed E-state index contributed by atoms with van der Waals surface area (Å²) >= 11 is 0. The van der Waals surface area contributed by atoms with Gasteiger partial charge in [-0.05, 0) is 18.9 Å². The number of hydrogen-bond donors (Lipinski definition) is 1. The molecule has 18 heavy (non-hydrogen) atoms. The molecule has 4 nitrogen and oxygen atoms in total. The molecule has 0 aliphatic carbocycles. The Labute approximate surface area is 107 Å². The van der Waals surface area contributed by atoms with E-state index in [4.69, 9.17) is 0 Å². The molecule has 0 bridgehead atoms. The zero-order valence-corrected chi connectivity index (χ0v) is 10.6. The number of rotatable bonds is 3. The first-order valence-electron chi connectivity index (χ1n) is 6.52. The third-order valence-corrected chi connectivity index (χ3v) is 3.48. The molecule has 2 aromatic rings. The van der Waals surface area contributed by atoms with Gasteiger partial charge in [-0.3, -0.25) is 0 Å². The molecule has 0 radical (unpaired) electrons. The van der Waals surface area contributed by atoms with Gasteiger partial charge in [-0.15, -0.1) is 10.2 Å². The van der Waals surface area contributed by atoms with Crippen molar-refractivity contribution in [3.63, 3.8) is 0 Å². The number of aromatic nitrogens is 3. The lowest BCUT2D eigenvalue weighted by atomic mass is 10.1. The monoisotopic (exact) mass is 242 g/mol. The Morgan fingerprint density at radius 1 is 1.22 bits per heavy atom. The van der Waals surface area contributed by atoms with E-state index in [1.807, 2.05) is 0 Å². The number of nitrogens with one attached hydrogen (secondary N) is 1. The van der Waals surface area contributed by atoms with Gasteiger partial charge in [-0.25, -0.2) is 0 Å². The summed E-state index contributed by atoms with van der Waals surface area (Å²) in [5.41, 5.74) is 1.36. The maximum Gasteiger partial charge on any atom is 0.147 e. The van der Waals surface area contributed by atoms with E-state index in [0.29, 0.717) is 6.04 Å². The van der Waals surface area contributed by atoms with E-state index in [1.165, 1.54) is 5.56 Å². The lowest BCUT2D eigenvalue weighted by Crippen LogP contribution is -2.32. The SMILES string of the molecule is C[C@H]1CNCc2nnc(CCc3ccccc3)n21. The Morgan fingerprint density at radius 3 is 2.89 bits per heavy atom. The first-order chi connectivity index (χ1) is 8.84. The van der Waals surface area contributed by atoms with Crippen LogP contribution in [0.4, 0.5) is 0 Å². The molecular weight excluding hydrogens is 224 g/mol. The van der Waals surface area contributed by atoms with E-state index in [0.717, 1.165) is 37.6 Å². The number of nitrogens with zero attached hydrogens (tertiary/aromatic N) is 3. The van der Waals surface area contributed by atoms with E-state index in [2.05, 4.69) is 57.3 Å². The molecule has 1 aromatic carbocycles. The molecule has 4 heteroatoms. The first-order valence-corrected chi connectivity index (χ1v) is 6.52. The zero-order valence-electron chi connectivity index (χ0n) is 10.6. The topological polar surface area (TPSA) is 42.7 Å². The van der Waals surface area contributed by atoms with Crippen molar-refractivity contribution in [1.29, 1.82) is 0 Å². The minimum absolute atomic E-state index is 0.453. The lowest BCUT2D eigenvalue weighted by Gasteiger charge is -2.23. The zero-order chi connectivity index (χ0) is 12.4. The van der Waals surface area contributed by atoms with Crippen LogP contribution in [0.25, 0.3) is 0 Å². The van der Waals surface area contributed by atoms with Gasteiger partial charge in [-0.2, -0.15) is 0 Å². The van der Waals surface area contributed by atoms with Crippen LogP contribution in [-0.2, 0) is 19.4 Å². The summed E-state index contributed by atoms with van der Waals surface area (Å²) in [4.78, 5) is 0. The molecule has 0 saturated heterocycles. The Bertz CT molecular complexity index is 518. The van der Waals surface area contributed by atoms with E-state index < -0.39 is 0 Å². The van der Waals surface area contributed by atoms with Crippen molar-refractivity contribution in [3.05, 3.63) is 47.5 Å². The second-order valence-electron chi connectivity index (χ2n) is 4.87. The molecule has 0 amide bonds. The van der Waals surface area contributed by atoms with Crippen molar-refractivity contribution >= 4 is 0 Å². The van der Waals surface area contributed by atoms with Crippen LogP contribution in [0, 0.1) is 0 Å². The van der Waals surface area contributed by atoms with Crippen LogP contribution in [0.3, 0.4) is 0 Å². The van der Waals surface area contributed by atoms with Gasteiger partial charge in [0, 0.05) is 19.0 Å². The predicted molar refractivity (Wildman–Crippen MR) is 70.3 cm³/mol. The fraction of sp³-hybridized carbons (Fsp3) is 0.429. The minimum Gasteiger partial charge on any atom is -0.310 e. The van der Waals surface area contributed by atoms with E-state index >= 15 is 0 Å². The standard InChI is InChI=1S/C14H18N4/c1-11-9-15-10-14-17-16-13(18(11)14)8-7-12-5-3-2-4-6-12/h2-6,11,15H,7-10H2,1H3/t11-/m0/s1. The molecule has 0 fully saturated rings. The van der Waals surface area contributed by atoms with Crippen LogP contribution in [0.15, 0.2) is 30.3 Å². The number of aryl methyl sites for hydroxylation is 2. The molecule has 2 heterocycles. The van der Waals surface area contributed by atoms with Gasteiger partial charge in [0.2, 0.25) is 0 Å². The maximum atomic E-state index is 4.34. The third kappa shape index (κ3) is 2.16. The summed E-state index contributed by atoms with van der Waals surface area (Å²) < 4.78 is 2.29. The highest BCUT2D eigenvalue weighted by atomic mass is 15.3. The predicted octanol–water partition coefficient (Wildman–Crippen LogP) is 1.73. The second-order valence-corrected chi connectivity index (χ2v) is 4.87. The average Bonchev–Trinajstić information content (AvgIpc) is 2.82. The molecule has 1 aliphatic heterocycles. The fourth-order valence-electron chi connectivity index (χ4n) is 2.55. The van der Waals surface area contributed by atoms with E-state index in [-0.39, 0.29) is 0 Å². The Balaban J connectivity index is 1.76. The van der Waals surface area contributed by atoms with Gasteiger partial charge in [0.25, 0.3) is 0 Å². The van der Waals surface area contributed by atoms with Crippen LogP contribution in [-0.4, -0.2) is 21.3 Å². The summed E-state index contributed by atoms with van der Waals surface area (Å²) in [7, 11) is 0. The van der Waals surface area contributed by atoms with Gasteiger partial charge in [-0.1, -0.05) is 30.3 Å². The Morgan fingerprint density at radius 2 is 2.06 bits per heavy atom. The van der Waals surface area contributed by atoms with Crippen LogP contribution >= 0.6 is 0 Å². The second kappa shape index (κ2) is 4.90. The molecule has 0 saturated carbocycles. The molecular formula is C14H18N4. The van der Waals surface area contributed by atoms with Gasteiger partial charge in [0.1, 0.15) is 11.6 Å². The van der Waals surface area contributed by atoms with Crippen molar-refractivity contribution in [2.75, 3.05) is 6.54 Å². The van der Waals surface area contributed by atoms with Crippen molar-refractivity contribution in [1.82, 2.24) is 20.1 Å². The summed E-state index contributed by atoms with van der Waals surface area (Å²) in [5, 5.41) is 12.0. The van der Waals surface area contributed by atoms with E-state index in [9.17, 15) is 0 Å². The molecule has 3 rings (SSSR count). The van der Waals surface area contributed by atoms with Crippen molar-refractivity contribution in [2.24, 2.45) is 0 Å². The van der Waals surface area contributed by atoms with Gasteiger partial charge < -0.3 is 9.88 Å². The number of hydrogen-bond acceptors (Lipinski definition) is 3. The molecule has 0 spiro atoms. The number of fused-ring (bicyclic) bond motifs is 1. The van der Waals surface area contributed by atoms with Gasteiger partial charge >= 0.3 is 0 Å². The molecule has 1 N–H and O–H groups in total. The highest BCUT2D eigenvalue weighted by molar-refractivity contribution is 5.16. The van der Waals surface area contributed by atoms with E-state index in [1.54, 1.807) is 0 Å². The van der Waals surface area contributed by atoms with Gasteiger partial charge in [0.15, 0.2) is 0 Å². The van der Waals surface area contributed by atoms with Crippen molar-refractivity contribution < 1.29 is 0 Å². The Kier molecular flexibility index (Phi) is 3.11. The Hall–Kier alpha value is -1.68. The highest BCUT2D eigenvalue weighted by Gasteiger charge is 2.20. The normalized spacial score (nSPS) is 18.6. The smallest absolute Gasteiger partial charge is 0.147 e. The first kappa shape index (κ1) is 11.4. The summed E-state index contributed by atoms with van der Waals surface area (Å²) in [6.07, 6.45) is 1.99. The summed E-state index contributed by atoms with van der Waals surface area (Å²) in [5.74, 6) is 2.18. The minimum atomic E-state index is 0.453. The highest BCUT2D eigenvalue weighted by Crippen LogP contribution is 2.17. The third-order valence-electron chi connectivity index (χ3n) is 3.48. The van der Waals surface area contributed by atoms with Crippen LogP contribution in [0.5, 0.6) is 0 Å². The largest absolute Gasteiger partial charge is 0.310 e. The summed E-state index contributed by atoms with van der Waals surface area (Å²) in [6.45, 7) is 4.05.